The van der Waals surface area contributed by atoms with Crippen molar-refractivity contribution in [1.29, 1.82) is 0 Å². The molecule has 1 unspecified atom stereocenters. The van der Waals surface area contributed by atoms with Crippen LogP contribution in [0.5, 0.6) is 0 Å². The molecule has 0 aromatic heterocycles. The van der Waals surface area contributed by atoms with E-state index in [-0.39, 0.29) is 6.23 Å². The van der Waals surface area contributed by atoms with Crippen LogP contribution in [0.2, 0.25) is 0 Å². The van der Waals surface area contributed by atoms with E-state index in [0.29, 0.717) is 12.1 Å². The number of nitrogens with zero attached hydrogens (tertiary/aromatic N) is 1. The van der Waals surface area contributed by atoms with Crippen molar-refractivity contribution in [3.8, 4) is 0 Å². The molecule has 0 aliphatic heterocycles. The topological polar surface area (TPSA) is 9.23 Å². The summed E-state index contributed by atoms with van der Waals surface area (Å²) in [5.74, 6) is 0. The average molecular weight is 319 g/mol. The van der Waals surface area contributed by atoms with Crippen LogP contribution in [0.25, 0.3) is 0 Å². The van der Waals surface area contributed by atoms with E-state index in [2.05, 4.69) is 48.7 Å². The minimum atomic E-state index is -10.7. The average Bonchev–Trinajstić information content (AvgIpc) is 1.95. The number of hydrogen-bond acceptors (Lipinski definition) is 1. The van der Waals surface area contributed by atoms with Crippen molar-refractivity contribution in [2.45, 2.75) is 53.0 Å². The van der Waals surface area contributed by atoms with Gasteiger partial charge in [-0.25, -0.2) is 0 Å². The third-order valence-corrected chi connectivity index (χ3v) is 2.74. The molecule has 0 saturated carbocycles. The van der Waals surface area contributed by atoms with Crippen molar-refractivity contribution in [2.24, 2.45) is 0 Å². The molecule has 2 nitrogen and oxygen atoms in total. The molecule has 0 spiro atoms. The molecule has 122 valence electrons. The Hall–Kier alpha value is -0.0700. The van der Waals surface area contributed by atoms with E-state index in [4.69, 9.17) is 4.74 Å². The first kappa shape index (κ1) is 21.2. The number of halogens is 6. The van der Waals surface area contributed by atoms with E-state index in [1.165, 1.54) is 0 Å². The summed E-state index contributed by atoms with van der Waals surface area (Å²) < 4.78 is 65.9. The molecule has 0 heterocycles. The Morgan fingerprint density at radius 2 is 1.05 bits per heavy atom. The van der Waals surface area contributed by atoms with Crippen molar-refractivity contribution in [3.63, 3.8) is 0 Å². The molecule has 19 heavy (non-hydrogen) atoms. The molecule has 0 radical (unpaired) electrons. The van der Waals surface area contributed by atoms with Crippen LogP contribution in [0.4, 0.5) is 25.2 Å². The van der Waals surface area contributed by atoms with Gasteiger partial charge in [-0.15, -0.1) is 0 Å². The monoisotopic (exact) mass is 319 g/mol. The van der Waals surface area contributed by atoms with Crippen LogP contribution in [0.15, 0.2) is 0 Å². The van der Waals surface area contributed by atoms with Gasteiger partial charge in [-0.2, -0.15) is 0 Å². The first-order chi connectivity index (χ1) is 7.73. The molecule has 0 aliphatic rings. The summed E-state index contributed by atoms with van der Waals surface area (Å²) in [5, 5.41) is 0. The van der Waals surface area contributed by atoms with Gasteiger partial charge in [-0.3, -0.25) is 0 Å². The first-order valence-electron chi connectivity index (χ1n) is 5.78. The zero-order valence-electron chi connectivity index (χ0n) is 12.3. The fraction of sp³-hybridized carbons (Fsp3) is 1.00. The molecule has 0 fully saturated rings. The molecule has 0 N–H and O–H groups in total. The van der Waals surface area contributed by atoms with E-state index >= 15 is 0 Å². The van der Waals surface area contributed by atoms with Crippen molar-refractivity contribution >= 4 is 7.81 Å². The first-order valence-corrected chi connectivity index (χ1v) is 7.81. The summed E-state index contributed by atoms with van der Waals surface area (Å²) >= 11 is 0. The number of hydrogen-bond donors (Lipinski definition) is 0. The Morgan fingerprint density at radius 1 is 0.789 bits per heavy atom. The van der Waals surface area contributed by atoms with Gasteiger partial charge in [-0.05, 0) is 27.7 Å². The van der Waals surface area contributed by atoms with Crippen LogP contribution in [-0.2, 0) is 4.74 Å². The summed E-state index contributed by atoms with van der Waals surface area (Å²) in [7, 11) is -6.25. The Kier molecular flexibility index (Phi) is 6.00. The number of quaternary nitrogens is 1. The molecule has 0 amide bonds. The molecular formula is C10H24F6NOP. The standard InChI is InChI=1S/C10H24NO.F6P/c1-8(2)11(6,7)10(5)12-9(3)4;1-7(2,3,4,5)6/h8-10H,1-7H3;/q+1;-1. The summed E-state index contributed by atoms with van der Waals surface area (Å²) in [5.41, 5.74) is 0. The molecule has 0 aliphatic carbocycles. The fourth-order valence-electron chi connectivity index (χ4n) is 0.971. The molecule has 0 rings (SSSR count). The second-order valence-corrected chi connectivity index (χ2v) is 7.38. The molecule has 0 bridgehead atoms. The van der Waals surface area contributed by atoms with Crippen LogP contribution < -0.4 is 0 Å². The van der Waals surface area contributed by atoms with E-state index in [1.54, 1.807) is 0 Å². The quantitative estimate of drug-likeness (QED) is 0.283. The summed E-state index contributed by atoms with van der Waals surface area (Å²) in [6, 6.07) is 0.596. The molecular weight excluding hydrogens is 295 g/mol. The second kappa shape index (κ2) is 5.37. The molecule has 0 saturated heterocycles. The zero-order chi connectivity index (χ0) is 16.3. The molecule has 9 heteroatoms. The van der Waals surface area contributed by atoms with E-state index in [9.17, 15) is 25.2 Å². The van der Waals surface area contributed by atoms with Gasteiger partial charge in [0.05, 0.1) is 26.2 Å². The van der Waals surface area contributed by atoms with Crippen LogP contribution in [0, 0.1) is 0 Å². The Labute approximate surface area is 110 Å². The van der Waals surface area contributed by atoms with Gasteiger partial charge in [-0.1, -0.05) is 0 Å². The SMILES string of the molecule is CC(C)OC(C)[N+](C)(C)C(C)C.F[P-](F)(F)(F)(F)F. The van der Waals surface area contributed by atoms with Gasteiger partial charge in [0.25, 0.3) is 0 Å². The van der Waals surface area contributed by atoms with Gasteiger partial charge < -0.3 is 9.22 Å². The van der Waals surface area contributed by atoms with Crippen LogP contribution in [-0.4, -0.2) is 37.0 Å². The van der Waals surface area contributed by atoms with Crippen LogP contribution in [0.3, 0.4) is 0 Å². The van der Waals surface area contributed by atoms with Crippen LogP contribution >= 0.6 is 7.81 Å². The van der Waals surface area contributed by atoms with Crippen molar-refractivity contribution in [2.75, 3.05) is 14.1 Å². The predicted octanol–water partition coefficient (Wildman–Crippen LogP) is 5.62. The third kappa shape index (κ3) is 17.9. The third-order valence-electron chi connectivity index (χ3n) is 2.74. The molecule has 1 atom stereocenters. The summed E-state index contributed by atoms with van der Waals surface area (Å²) in [6.45, 7) is 10.7. The second-order valence-electron chi connectivity index (χ2n) is 5.47. The zero-order valence-corrected chi connectivity index (χ0v) is 13.2. The number of ether oxygens (including phenoxy) is 1. The Balaban J connectivity index is 0. The van der Waals surface area contributed by atoms with Gasteiger partial charge in [0, 0.05) is 6.92 Å². The van der Waals surface area contributed by atoms with Crippen molar-refractivity contribution in [3.05, 3.63) is 0 Å². The van der Waals surface area contributed by atoms with Gasteiger partial charge in [0.2, 0.25) is 0 Å². The van der Waals surface area contributed by atoms with Crippen LogP contribution in [0.1, 0.15) is 34.6 Å². The van der Waals surface area contributed by atoms with Crippen molar-refractivity contribution in [1.82, 2.24) is 0 Å². The number of rotatable bonds is 4. The molecule has 0 aromatic rings. The van der Waals surface area contributed by atoms with Gasteiger partial charge >= 0.3 is 33.0 Å². The van der Waals surface area contributed by atoms with Gasteiger partial charge in [0.15, 0.2) is 6.23 Å². The normalized spacial score (nSPS) is 18.5. The summed E-state index contributed by atoms with van der Waals surface area (Å²) in [4.78, 5) is 0. The Morgan fingerprint density at radius 3 is 1.21 bits per heavy atom. The molecule has 0 aromatic carbocycles. The maximum absolute atomic E-state index is 10.7. The summed E-state index contributed by atoms with van der Waals surface area (Å²) in [6.07, 6.45) is 0.584. The minimum absolute atomic E-state index is 0.269. The van der Waals surface area contributed by atoms with Gasteiger partial charge in [0.1, 0.15) is 0 Å². The fourth-order valence-corrected chi connectivity index (χ4v) is 0.971. The van der Waals surface area contributed by atoms with E-state index < -0.39 is 7.81 Å². The Bertz CT molecular complexity index is 273. The van der Waals surface area contributed by atoms with E-state index in [0.717, 1.165) is 4.48 Å². The van der Waals surface area contributed by atoms with Crippen molar-refractivity contribution < 1.29 is 34.4 Å². The maximum atomic E-state index is 9.87. The predicted molar refractivity (Wildman–Crippen MR) is 66.5 cm³/mol. The van der Waals surface area contributed by atoms with E-state index in [1.807, 2.05) is 0 Å².